The van der Waals surface area contributed by atoms with E-state index in [1.165, 1.54) is 11.3 Å². The number of thiophene rings is 1. The van der Waals surface area contributed by atoms with E-state index in [0.29, 0.717) is 17.3 Å². The molecule has 0 radical (unpaired) electrons. The number of fused-ring (bicyclic) bond motifs is 3. The van der Waals surface area contributed by atoms with Gasteiger partial charge in [0.25, 0.3) is 5.91 Å². The molecule has 0 aliphatic carbocycles. The number of para-hydroxylation sites is 1. The van der Waals surface area contributed by atoms with Crippen LogP contribution in [0.15, 0.2) is 48.7 Å². The number of pyridine rings is 1. The summed E-state index contributed by atoms with van der Waals surface area (Å²) >= 11 is 1.50. The Balaban J connectivity index is 1.30. The summed E-state index contributed by atoms with van der Waals surface area (Å²) in [4.78, 5) is 23.6. The van der Waals surface area contributed by atoms with Crippen molar-refractivity contribution in [3.8, 4) is 16.2 Å². The highest BCUT2D eigenvalue weighted by molar-refractivity contribution is 7.17. The number of carbonyl (C=O) groups is 1. The van der Waals surface area contributed by atoms with Crippen molar-refractivity contribution in [2.24, 2.45) is 0 Å². The van der Waals surface area contributed by atoms with Gasteiger partial charge in [0.15, 0.2) is 0 Å². The van der Waals surface area contributed by atoms with Crippen LogP contribution in [0.1, 0.15) is 15.2 Å². The van der Waals surface area contributed by atoms with Gasteiger partial charge in [-0.05, 0) is 37.4 Å². The number of likely N-dealkylation sites (N-methyl/N-ethyl adjacent to an activating group) is 1. The zero-order chi connectivity index (χ0) is 19.8. The van der Waals surface area contributed by atoms with Crippen molar-refractivity contribution in [1.29, 1.82) is 0 Å². The summed E-state index contributed by atoms with van der Waals surface area (Å²) in [7, 11) is 2.14. The SMILES string of the molecule is CN1CCN(c2ccc(NC(=O)c3cc4c(s3)-c3ccccc3OC4)nc2)CC1. The summed E-state index contributed by atoms with van der Waals surface area (Å²) in [6, 6.07) is 13.8. The molecule has 148 valence electrons. The van der Waals surface area contributed by atoms with Crippen LogP contribution in [0, 0.1) is 0 Å². The number of ether oxygens (including phenoxy) is 1. The zero-order valence-corrected chi connectivity index (χ0v) is 17.0. The lowest BCUT2D eigenvalue weighted by atomic mass is 10.1. The molecule has 6 nitrogen and oxygen atoms in total. The molecule has 1 saturated heterocycles. The highest BCUT2D eigenvalue weighted by Gasteiger charge is 2.22. The summed E-state index contributed by atoms with van der Waals surface area (Å²) in [6.45, 7) is 4.58. The van der Waals surface area contributed by atoms with Crippen LogP contribution in [0.2, 0.25) is 0 Å². The Labute approximate surface area is 173 Å². The highest BCUT2D eigenvalue weighted by atomic mass is 32.1. The van der Waals surface area contributed by atoms with E-state index in [9.17, 15) is 4.79 Å². The molecular formula is C22H22N4O2S. The summed E-state index contributed by atoms with van der Waals surface area (Å²) in [5.41, 5.74) is 3.20. The number of nitrogens with zero attached hydrogens (tertiary/aromatic N) is 3. The van der Waals surface area contributed by atoms with Crippen molar-refractivity contribution >= 4 is 28.7 Å². The Morgan fingerprint density at radius 2 is 1.97 bits per heavy atom. The average Bonchev–Trinajstić information content (AvgIpc) is 3.20. The van der Waals surface area contributed by atoms with Crippen molar-refractivity contribution in [3.63, 3.8) is 0 Å². The number of nitrogens with one attached hydrogen (secondary N) is 1. The van der Waals surface area contributed by atoms with Gasteiger partial charge in [-0.25, -0.2) is 4.98 Å². The fraction of sp³-hybridized carbons (Fsp3) is 0.273. The first-order valence-electron chi connectivity index (χ1n) is 9.73. The Bertz CT molecular complexity index is 1040. The van der Waals surface area contributed by atoms with E-state index in [-0.39, 0.29) is 5.91 Å². The number of benzene rings is 1. The second-order valence-electron chi connectivity index (χ2n) is 7.40. The molecule has 0 spiro atoms. The number of hydrogen-bond donors (Lipinski definition) is 1. The average molecular weight is 407 g/mol. The molecule has 4 heterocycles. The molecule has 7 heteroatoms. The monoisotopic (exact) mass is 406 g/mol. The topological polar surface area (TPSA) is 57.7 Å². The van der Waals surface area contributed by atoms with E-state index in [1.807, 2.05) is 48.7 Å². The molecule has 2 aliphatic rings. The van der Waals surface area contributed by atoms with E-state index >= 15 is 0 Å². The minimum Gasteiger partial charge on any atom is -0.488 e. The predicted molar refractivity (Wildman–Crippen MR) is 116 cm³/mol. The third-order valence-electron chi connectivity index (χ3n) is 5.41. The number of carbonyl (C=O) groups excluding carboxylic acids is 1. The van der Waals surface area contributed by atoms with Gasteiger partial charge in [0.05, 0.1) is 16.8 Å². The van der Waals surface area contributed by atoms with Gasteiger partial charge < -0.3 is 19.9 Å². The van der Waals surface area contributed by atoms with Gasteiger partial charge in [0, 0.05) is 42.2 Å². The van der Waals surface area contributed by atoms with E-state index in [4.69, 9.17) is 4.74 Å². The van der Waals surface area contributed by atoms with Crippen LogP contribution in [0.3, 0.4) is 0 Å². The van der Waals surface area contributed by atoms with E-state index in [2.05, 4.69) is 27.1 Å². The molecule has 1 aromatic carbocycles. The first-order chi connectivity index (χ1) is 14.2. The molecule has 1 amide bonds. The van der Waals surface area contributed by atoms with Crippen molar-refractivity contribution < 1.29 is 9.53 Å². The first kappa shape index (κ1) is 18.1. The maximum absolute atomic E-state index is 12.8. The number of amides is 1. The quantitative estimate of drug-likeness (QED) is 0.719. The van der Waals surface area contributed by atoms with Gasteiger partial charge >= 0.3 is 0 Å². The zero-order valence-electron chi connectivity index (χ0n) is 16.2. The maximum atomic E-state index is 12.8. The van der Waals surface area contributed by atoms with Gasteiger partial charge in [0.2, 0.25) is 0 Å². The van der Waals surface area contributed by atoms with Crippen LogP contribution in [0.25, 0.3) is 10.4 Å². The number of anilines is 2. The number of aromatic nitrogens is 1. The standard InChI is InChI=1S/C22H22N4O2S/c1-25-8-10-26(11-9-25)16-6-7-20(23-13-16)24-22(27)19-12-15-14-28-18-5-3-2-4-17(18)21(15)29-19/h2-7,12-13H,8-11,14H2,1H3,(H,23,24,27). The smallest absolute Gasteiger partial charge is 0.266 e. The number of hydrogen-bond acceptors (Lipinski definition) is 6. The second-order valence-corrected chi connectivity index (χ2v) is 8.45. The fourth-order valence-electron chi connectivity index (χ4n) is 3.70. The molecule has 0 unspecified atom stereocenters. The van der Waals surface area contributed by atoms with Crippen molar-refractivity contribution in [2.45, 2.75) is 6.61 Å². The third kappa shape index (κ3) is 3.59. The minimum atomic E-state index is -0.137. The lowest BCUT2D eigenvalue weighted by Gasteiger charge is -2.33. The molecule has 2 aliphatic heterocycles. The highest BCUT2D eigenvalue weighted by Crippen LogP contribution is 2.42. The molecular weight excluding hydrogens is 384 g/mol. The Kier molecular flexibility index (Phi) is 4.69. The number of rotatable bonds is 3. The van der Waals surface area contributed by atoms with Crippen LogP contribution in [-0.4, -0.2) is 49.0 Å². The third-order valence-corrected chi connectivity index (χ3v) is 6.61. The fourth-order valence-corrected chi connectivity index (χ4v) is 4.79. The van der Waals surface area contributed by atoms with Crippen molar-refractivity contribution in [3.05, 3.63) is 59.1 Å². The van der Waals surface area contributed by atoms with Crippen molar-refractivity contribution in [1.82, 2.24) is 9.88 Å². The van der Waals surface area contributed by atoms with Gasteiger partial charge in [-0.1, -0.05) is 12.1 Å². The maximum Gasteiger partial charge on any atom is 0.266 e. The Hall–Kier alpha value is -2.90. The van der Waals surface area contributed by atoms with E-state index in [0.717, 1.165) is 53.6 Å². The summed E-state index contributed by atoms with van der Waals surface area (Å²) < 4.78 is 5.79. The summed E-state index contributed by atoms with van der Waals surface area (Å²) in [6.07, 6.45) is 1.84. The van der Waals surface area contributed by atoms with Crippen molar-refractivity contribution in [2.75, 3.05) is 43.4 Å². The molecule has 29 heavy (non-hydrogen) atoms. The molecule has 5 rings (SSSR count). The first-order valence-corrected chi connectivity index (χ1v) is 10.5. The molecule has 1 N–H and O–H groups in total. The largest absolute Gasteiger partial charge is 0.488 e. The van der Waals surface area contributed by atoms with E-state index < -0.39 is 0 Å². The molecule has 2 aromatic heterocycles. The predicted octanol–water partition coefficient (Wildman–Crippen LogP) is 3.71. The van der Waals surface area contributed by atoms with Gasteiger partial charge in [-0.15, -0.1) is 11.3 Å². The normalized spacial score (nSPS) is 16.0. The summed E-state index contributed by atoms with van der Waals surface area (Å²) in [5, 5.41) is 2.92. The lowest BCUT2D eigenvalue weighted by molar-refractivity contribution is 0.103. The molecule has 0 bridgehead atoms. The van der Waals surface area contributed by atoms with Gasteiger partial charge in [-0.3, -0.25) is 4.79 Å². The second kappa shape index (κ2) is 7.50. The van der Waals surface area contributed by atoms with E-state index in [1.54, 1.807) is 0 Å². The van der Waals surface area contributed by atoms with Crippen LogP contribution in [0.4, 0.5) is 11.5 Å². The molecule has 0 saturated carbocycles. The molecule has 0 atom stereocenters. The van der Waals surface area contributed by atoms with Crippen LogP contribution in [-0.2, 0) is 6.61 Å². The number of piperazine rings is 1. The summed E-state index contributed by atoms with van der Waals surface area (Å²) in [5.74, 6) is 1.30. The molecule has 1 fully saturated rings. The Morgan fingerprint density at radius 3 is 2.76 bits per heavy atom. The minimum absolute atomic E-state index is 0.137. The lowest BCUT2D eigenvalue weighted by Crippen LogP contribution is -2.44. The van der Waals surface area contributed by atoms with Crippen LogP contribution >= 0.6 is 11.3 Å². The van der Waals surface area contributed by atoms with Gasteiger partial charge in [0.1, 0.15) is 18.2 Å². The Morgan fingerprint density at radius 1 is 1.14 bits per heavy atom. The van der Waals surface area contributed by atoms with Crippen LogP contribution < -0.4 is 15.0 Å². The van der Waals surface area contributed by atoms with Gasteiger partial charge in [-0.2, -0.15) is 0 Å². The molecule has 3 aromatic rings. The van der Waals surface area contributed by atoms with Crippen LogP contribution in [0.5, 0.6) is 5.75 Å².